The van der Waals surface area contributed by atoms with E-state index < -0.39 is 16.8 Å². The first-order valence-electron chi connectivity index (χ1n) is 11.1. The molecule has 0 fully saturated rings. The van der Waals surface area contributed by atoms with E-state index in [0.29, 0.717) is 40.5 Å². The lowest BCUT2D eigenvalue weighted by Gasteiger charge is -2.36. The number of ketones is 1. The highest BCUT2D eigenvalue weighted by Crippen LogP contribution is 2.46. The van der Waals surface area contributed by atoms with E-state index in [-0.39, 0.29) is 29.4 Å². The maximum absolute atomic E-state index is 13.6. The fourth-order valence-corrected chi connectivity index (χ4v) is 4.91. The van der Waals surface area contributed by atoms with Crippen LogP contribution in [0.5, 0.6) is 11.5 Å². The van der Waals surface area contributed by atoms with Crippen molar-refractivity contribution < 1.29 is 28.7 Å². The lowest BCUT2D eigenvalue weighted by Crippen LogP contribution is -2.36. The average molecular weight is 479 g/mol. The number of allylic oxidation sites excluding steroid dienone is 3. The Labute approximate surface area is 202 Å². The SMILES string of the molecule is COC(=O)C1=C(C)NC2=C(C(=O)CC(c3ccc(OC)c(OC)c3)C2)C1c1cccc([N+](=O)[O-])c1. The Kier molecular flexibility index (Phi) is 6.59. The number of ether oxygens (including phenoxy) is 3. The number of benzene rings is 2. The summed E-state index contributed by atoms with van der Waals surface area (Å²) in [5, 5.41) is 14.7. The molecule has 2 unspecified atom stereocenters. The van der Waals surface area contributed by atoms with E-state index in [1.807, 2.05) is 18.2 Å². The molecule has 35 heavy (non-hydrogen) atoms. The molecule has 1 aliphatic heterocycles. The first-order valence-corrected chi connectivity index (χ1v) is 11.1. The lowest BCUT2D eigenvalue weighted by molar-refractivity contribution is -0.384. The number of nitrogens with zero attached hydrogens (tertiary/aromatic N) is 1. The zero-order valence-electron chi connectivity index (χ0n) is 19.9. The first kappa shape index (κ1) is 24.0. The number of hydrogen-bond acceptors (Lipinski definition) is 8. The van der Waals surface area contributed by atoms with Crippen molar-refractivity contribution in [3.05, 3.63) is 86.2 Å². The molecule has 0 saturated carbocycles. The molecule has 9 nitrogen and oxygen atoms in total. The van der Waals surface area contributed by atoms with Crippen LogP contribution in [0.25, 0.3) is 0 Å². The number of dihydropyridines is 1. The molecule has 4 rings (SSSR count). The van der Waals surface area contributed by atoms with E-state index in [4.69, 9.17) is 14.2 Å². The summed E-state index contributed by atoms with van der Waals surface area (Å²) in [5.41, 5.74) is 3.26. The number of nitrogens with one attached hydrogen (secondary N) is 1. The van der Waals surface area contributed by atoms with Crippen LogP contribution in [0.4, 0.5) is 5.69 Å². The Hall–Kier alpha value is -4.14. The summed E-state index contributed by atoms with van der Waals surface area (Å²) in [6.07, 6.45) is 0.739. The van der Waals surface area contributed by atoms with Gasteiger partial charge in [0.25, 0.3) is 5.69 Å². The number of nitro benzene ring substituents is 1. The Bertz CT molecular complexity index is 1280. The van der Waals surface area contributed by atoms with Crippen LogP contribution < -0.4 is 14.8 Å². The van der Waals surface area contributed by atoms with Gasteiger partial charge in [-0.25, -0.2) is 4.79 Å². The molecule has 0 bridgehead atoms. The van der Waals surface area contributed by atoms with E-state index in [1.165, 1.54) is 19.2 Å². The summed E-state index contributed by atoms with van der Waals surface area (Å²) >= 11 is 0. The van der Waals surface area contributed by atoms with E-state index in [1.54, 1.807) is 33.3 Å². The van der Waals surface area contributed by atoms with E-state index in [9.17, 15) is 19.7 Å². The van der Waals surface area contributed by atoms with Gasteiger partial charge in [0.1, 0.15) is 0 Å². The number of esters is 1. The van der Waals surface area contributed by atoms with Crippen LogP contribution >= 0.6 is 0 Å². The highest BCUT2D eigenvalue weighted by atomic mass is 16.6. The predicted molar refractivity (Wildman–Crippen MR) is 127 cm³/mol. The normalized spacial score (nSPS) is 19.6. The molecule has 2 aromatic rings. The van der Waals surface area contributed by atoms with Crippen LogP contribution in [-0.2, 0) is 14.3 Å². The molecule has 0 amide bonds. The molecule has 0 saturated heterocycles. The quantitative estimate of drug-likeness (QED) is 0.374. The van der Waals surface area contributed by atoms with Gasteiger partial charge in [0.05, 0.1) is 31.8 Å². The van der Waals surface area contributed by atoms with Crippen molar-refractivity contribution in [1.82, 2.24) is 5.32 Å². The first-order chi connectivity index (χ1) is 16.8. The molecule has 2 aromatic carbocycles. The van der Waals surface area contributed by atoms with E-state index >= 15 is 0 Å². The zero-order valence-corrected chi connectivity index (χ0v) is 19.9. The Morgan fingerprint density at radius 1 is 1.03 bits per heavy atom. The summed E-state index contributed by atoms with van der Waals surface area (Å²) in [4.78, 5) is 37.3. The maximum atomic E-state index is 13.6. The minimum atomic E-state index is -0.766. The topological polar surface area (TPSA) is 117 Å². The Morgan fingerprint density at radius 3 is 2.43 bits per heavy atom. The smallest absolute Gasteiger partial charge is 0.336 e. The molecule has 1 N–H and O–H groups in total. The molecule has 1 aliphatic carbocycles. The van der Waals surface area contributed by atoms with Crippen molar-refractivity contribution >= 4 is 17.4 Å². The van der Waals surface area contributed by atoms with Gasteiger partial charge in [0, 0.05) is 41.4 Å². The Balaban J connectivity index is 1.80. The van der Waals surface area contributed by atoms with Gasteiger partial charge in [0.2, 0.25) is 0 Å². The third-order valence-electron chi connectivity index (χ3n) is 6.53. The van der Waals surface area contributed by atoms with Gasteiger partial charge in [-0.15, -0.1) is 0 Å². The van der Waals surface area contributed by atoms with Crippen LogP contribution in [0.15, 0.2) is 65.0 Å². The van der Waals surface area contributed by atoms with Crippen LogP contribution in [0.2, 0.25) is 0 Å². The molecule has 182 valence electrons. The second-order valence-electron chi connectivity index (χ2n) is 8.48. The highest BCUT2D eigenvalue weighted by Gasteiger charge is 2.41. The number of methoxy groups -OCH3 is 3. The van der Waals surface area contributed by atoms with Crippen molar-refractivity contribution in [3.8, 4) is 11.5 Å². The molecular weight excluding hydrogens is 452 g/mol. The molecule has 9 heteroatoms. The number of nitro groups is 1. The van der Waals surface area contributed by atoms with Crippen molar-refractivity contribution in [3.63, 3.8) is 0 Å². The van der Waals surface area contributed by atoms with Gasteiger partial charge in [-0.05, 0) is 42.5 Å². The van der Waals surface area contributed by atoms with Gasteiger partial charge < -0.3 is 19.5 Å². The van der Waals surface area contributed by atoms with Gasteiger partial charge in [-0.1, -0.05) is 18.2 Å². The third kappa shape index (κ3) is 4.37. The second kappa shape index (κ2) is 9.61. The number of hydrogen-bond donors (Lipinski definition) is 1. The fraction of sp³-hybridized carbons (Fsp3) is 0.308. The summed E-state index contributed by atoms with van der Waals surface area (Å²) in [7, 11) is 4.39. The van der Waals surface area contributed by atoms with Crippen LogP contribution in [-0.4, -0.2) is 38.0 Å². The van der Waals surface area contributed by atoms with Crippen molar-refractivity contribution in [1.29, 1.82) is 0 Å². The molecule has 0 radical (unpaired) electrons. The summed E-state index contributed by atoms with van der Waals surface area (Å²) < 4.78 is 15.8. The summed E-state index contributed by atoms with van der Waals surface area (Å²) in [6, 6.07) is 11.6. The molecule has 2 aliphatic rings. The Morgan fingerprint density at radius 2 is 1.77 bits per heavy atom. The average Bonchev–Trinajstić information content (AvgIpc) is 2.86. The van der Waals surface area contributed by atoms with Crippen LogP contribution in [0, 0.1) is 10.1 Å². The molecule has 2 atom stereocenters. The van der Waals surface area contributed by atoms with Gasteiger partial charge >= 0.3 is 5.97 Å². The van der Waals surface area contributed by atoms with Crippen molar-refractivity contribution in [2.24, 2.45) is 0 Å². The zero-order chi connectivity index (χ0) is 25.3. The minimum absolute atomic E-state index is 0.114. The summed E-state index contributed by atoms with van der Waals surface area (Å²) in [5.74, 6) is -0.435. The highest BCUT2D eigenvalue weighted by molar-refractivity contribution is 6.04. The number of carbonyl (C=O) groups is 2. The standard InChI is InChI=1S/C26H26N2O7/c1-14-23(26(30)35-4)24(16-6-5-7-18(10-16)28(31)32)25-19(27-14)11-17(12-20(25)29)15-8-9-21(33-2)22(13-15)34-3/h5-10,13,17,24,27H,11-12H2,1-4H3. The molecular formula is C26H26N2O7. The fourth-order valence-electron chi connectivity index (χ4n) is 4.91. The number of carbonyl (C=O) groups excluding carboxylic acids is 2. The number of rotatable bonds is 6. The number of Topliss-reactive ketones (excluding diaryl/α,β-unsaturated/α-hetero) is 1. The number of non-ortho nitro benzene ring substituents is 1. The summed E-state index contributed by atoms with van der Waals surface area (Å²) in [6.45, 7) is 1.74. The van der Waals surface area contributed by atoms with E-state index in [0.717, 1.165) is 5.56 Å². The molecule has 0 aromatic heterocycles. The van der Waals surface area contributed by atoms with Crippen molar-refractivity contribution in [2.45, 2.75) is 31.6 Å². The van der Waals surface area contributed by atoms with Gasteiger partial charge in [0.15, 0.2) is 17.3 Å². The lowest BCUT2D eigenvalue weighted by atomic mass is 9.71. The van der Waals surface area contributed by atoms with Crippen LogP contribution in [0.1, 0.15) is 42.7 Å². The maximum Gasteiger partial charge on any atom is 0.336 e. The minimum Gasteiger partial charge on any atom is -0.493 e. The monoisotopic (exact) mass is 478 g/mol. The molecule has 0 spiro atoms. The van der Waals surface area contributed by atoms with Gasteiger partial charge in [-0.3, -0.25) is 14.9 Å². The van der Waals surface area contributed by atoms with E-state index in [2.05, 4.69) is 5.32 Å². The van der Waals surface area contributed by atoms with Crippen molar-refractivity contribution in [2.75, 3.05) is 21.3 Å². The predicted octanol–water partition coefficient (Wildman–Crippen LogP) is 4.15. The third-order valence-corrected chi connectivity index (χ3v) is 6.53. The van der Waals surface area contributed by atoms with Gasteiger partial charge in [-0.2, -0.15) is 0 Å². The largest absolute Gasteiger partial charge is 0.493 e. The second-order valence-corrected chi connectivity index (χ2v) is 8.48. The molecule has 1 heterocycles. The van der Waals surface area contributed by atoms with Crippen LogP contribution in [0.3, 0.4) is 0 Å².